The lowest BCUT2D eigenvalue weighted by Crippen LogP contribution is -2.43. The standard InChI is InChI=1S/C13H22N4O4/c1-4-9-11(8-17(2)16-9)15-13(20)14-10(12(18)19)6-5-7-21-3/h8,10H,4-7H2,1-3H3,(H,18,19)(H2,14,15,20). The Bertz CT molecular complexity index is 487. The van der Waals surface area contributed by atoms with Crippen molar-refractivity contribution < 1.29 is 19.4 Å². The number of carbonyl (C=O) groups excluding carboxylic acids is 1. The normalized spacial score (nSPS) is 12.0. The van der Waals surface area contributed by atoms with Crippen LogP contribution in [0.2, 0.25) is 0 Å². The van der Waals surface area contributed by atoms with Crippen molar-refractivity contribution in [1.82, 2.24) is 15.1 Å². The van der Waals surface area contributed by atoms with Crippen molar-refractivity contribution in [2.75, 3.05) is 19.0 Å². The molecule has 0 saturated carbocycles. The van der Waals surface area contributed by atoms with E-state index in [1.807, 2.05) is 6.92 Å². The topological polar surface area (TPSA) is 105 Å². The molecule has 0 radical (unpaired) electrons. The number of carboxylic acids is 1. The molecule has 1 unspecified atom stereocenters. The van der Waals surface area contributed by atoms with Gasteiger partial charge in [-0.05, 0) is 19.3 Å². The molecule has 0 aliphatic carbocycles. The Labute approximate surface area is 123 Å². The highest BCUT2D eigenvalue weighted by molar-refractivity contribution is 5.92. The maximum absolute atomic E-state index is 11.9. The third-order valence-corrected chi connectivity index (χ3v) is 2.93. The highest BCUT2D eigenvalue weighted by atomic mass is 16.5. The molecule has 0 aliphatic rings. The quantitative estimate of drug-likeness (QED) is 0.620. The number of urea groups is 1. The first-order valence-corrected chi connectivity index (χ1v) is 6.79. The molecular weight excluding hydrogens is 276 g/mol. The predicted octanol–water partition coefficient (Wildman–Crippen LogP) is 0.984. The van der Waals surface area contributed by atoms with Gasteiger partial charge in [0.2, 0.25) is 0 Å². The maximum Gasteiger partial charge on any atom is 0.326 e. The largest absolute Gasteiger partial charge is 0.480 e. The highest BCUT2D eigenvalue weighted by Gasteiger charge is 2.20. The summed E-state index contributed by atoms with van der Waals surface area (Å²) in [4.78, 5) is 23.0. The fourth-order valence-electron chi connectivity index (χ4n) is 1.91. The number of anilines is 1. The molecule has 2 amide bonds. The van der Waals surface area contributed by atoms with Gasteiger partial charge in [0.05, 0.1) is 11.4 Å². The van der Waals surface area contributed by atoms with Crippen LogP contribution in [-0.2, 0) is 23.0 Å². The minimum absolute atomic E-state index is 0.310. The molecule has 3 N–H and O–H groups in total. The van der Waals surface area contributed by atoms with Crippen LogP contribution in [0.25, 0.3) is 0 Å². The lowest BCUT2D eigenvalue weighted by Gasteiger charge is -2.14. The van der Waals surface area contributed by atoms with Crippen LogP contribution in [-0.4, -0.2) is 46.6 Å². The van der Waals surface area contributed by atoms with E-state index in [1.54, 1.807) is 25.0 Å². The number of hydrogen-bond acceptors (Lipinski definition) is 4. The summed E-state index contributed by atoms with van der Waals surface area (Å²) in [5.74, 6) is -1.07. The average molecular weight is 298 g/mol. The Morgan fingerprint density at radius 3 is 2.81 bits per heavy atom. The zero-order valence-electron chi connectivity index (χ0n) is 12.5. The van der Waals surface area contributed by atoms with Crippen molar-refractivity contribution in [3.05, 3.63) is 11.9 Å². The summed E-state index contributed by atoms with van der Waals surface area (Å²) in [6.07, 6.45) is 3.22. The van der Waals surface area contributed by atoms with Gasteiger partial charge in [-0.2, -0.15) is 5.10 Å². The van der Waals surface area contributed by atoms with Crippen LogP contribution in [0.15, 0.2) is 6.20 Å². The second-order valence-corrected chi connectivity index (χ2v) is 4.64. The van der Waals surface area contributed by atoms with Crippen LogP contribution in [0.4, 0.5) is 10.5 Å². The van der Waals surface area contributed by atoms with Crippen LogP contribution in [0.3, 0.4) is 0 Å². The minimum Gasteiger partial charge on any atom is -0.480 e. The number of rotatable bonds is 8. The zero-order valence-corrected chi connectivity index (χ0v) is 12.5. The number of aliphatic carboxylic acids is 1. The molecule has 1 rings (SSSR count). The van der Waals surface area contributed by atoms with Gasteiger partial charge in [0.25, 0.3) is 0 Å². The first kappa shape index (κ1) is 17.0. The number of amides is 2. The van der Waals surface area contributed by atoms with Crippen LogP contribution < -0.4 is 10.6 Å². The van der Waals surface area contributed by atoms with Gasteiger partial charge in [0, 0.05) is 27.0 Å². The Morgan fingerprint density at radius 1 is 1.52 bits per heavy atom. The lowest BCUT2D eigenvalue weighted by molar-refractivity contribution is -0.139. The summed E-state index contributed by atoms with van der Waals surface area (Å²) in [6, 6.07) is -1.50. The van der Waals surface area contributed by atoms with E-state index in [1.165, 1.54) is 0 Å². The summed E-state index contributed by atoms with van der Waals surface area (Å²) in [6.45, 7) is 2.38. The molecule has 1 atom stereocenters. The smallest absolute Gasteiger partial charge is 0.326 e. The number of aryl methyl sites for hydroxylation is 2. The number of nitrogens with one attached hydrogen (secondary N) is 2. The van der Waals surface area contributed by atoms with Gasteiger partial charge in [-0.3, -0.25) is 4.68 Å². The van der Waals surface area contributed by atoms with Crippen molar-refractivity contribution in [2.24, 2.45) is 7.05 Å². The van der Waals surface area contributed by atoms with E-state index < -0.39 is 18.0 Å². The van der Waals surface area contributed by atoms with Gasteiger partial charge in [0.1, 0.15) is 6.04 Å². The first-order valence-electron chi connectivity index (χ1n) is 6.79. The third-order valence-electron chi connectivity index (χ3n) is 2.93. The van der Waals surface area contributed by atoms with Crippen molar-refractivity contribution >= 4 is 17.7 Å². The molecule has 0 spiro atoms. The molecule has 1 heterocycles. The van der Waals surface area contributed by atoms with Crippen molar-refractivity contribution in [2.45, 2.75) is 32.2 Å². The molecule has 1 aromatic heterocycles. The summed E-state index contributed by atoms with van der Waals surface area (Å²) >= 11 is 0. The van der Waals surface area contributed by atoms with Crippen LogP contribution >= 0.6 is 0 Å². The van der Waals surface area contributed by atoms with E-state index in [0.29, 0.717) is 31.6 Å². The monoisotopic (exact) mass is 298 g/mol. The van der Waals surface area contributed by atoms with E-state index in [0.717, 1.165) is 5.69 Å². The number of ether oxygens (including phenoxy) is 1. The van der Waals surface area contributed by atoms with Crippen molar-refractivity contribution in [3.8, 4) is 0 Å². The summed E-state index contributed by atoms with van der Waals surface area (Å²) in [5.41, 5.74) is 1.33. The third kappa shape index (κ3) is 5.42. The highest BCUT2D eigenvalue weighted by Crippen LogP contribution is 2.13. The van der Waals surface area contributed by atoms with E-state index in [4.69, 9.17) is 9.84 Å². The van der Waals surface area contributed by atoms with Gasteiger partial charge in [-0.15, -0.1) is 0 Å². The van der Waals surface area contributed by atoms with Crippen molar-refractivity contribution in [1.29, 1.82) is 0 Å². The summed E-state index contributed by atoms with van der Waals surface area (Å²) in [5, 5.41) is 18.4. The Hall–Kier alpha value is -2.09. The molecule has 0 aromatic carbocycles. The molecule has 118 valence electrons. The molecule has 0 saturated heterocycles. The number of carboxylic acid groups (broad SMARTS) is 1. The molecule has 0 aliphatic heterocycles. The van der Waals surface area contributed by atoms with Crippen LogP contribution in [0.5, 0.6) is 0 Å². The SMILES string of the molecule is CCc1nn(C)cc1NC(=O)NC(CCCOC)C(=O)O. The molecule has 8 nitrogen and oxygen atoms in total. The fourth-order valence-corrected chi connectivity index (χ4v) is 1.91. The minimum atomic E-state index is -1.07. The van der Waals surface area contributed by atoms with E-state index in [-0.39, 0.29) is 0 Å². The van der Waals surface area contributed by atoms with Gasteiger partial charge in [-0.1, -0.05) is 6.92 Å². The predicted molar refractivity (Wildman–Crippen MR) is 77.3 cm³/mol. The Morgan fingerprint density at radius 2 is 2.24 bits per heavy atom. The molecular formula is C13H22N4O4. The van der Waals surface area contributed by atoms with Crippen molar-refractivity contribution in [3.63, 3.8) is 0 Å². The van der Waals surface area contributed by atoms with Gasteiger partial charge in [0.15, 0.2) is 0 Å². The fraction of sp³-hybridized carbons (Fsp3) is 0.615. The van der Waals surface area contributed by atoms with Crippen LogP contribution in [0, 0.1) is 0 Å². The number of aromatic nitrogens is 2. The van der Waals surface area contributed by atoms with E-state index in [2.05, 4.69) is 15.7 Å². The van der Waals surface area contributed by atoms with Gasteiger partial charge >= 0.3 is 12.0 Å². The molecule has 21 heavy (non-hydrogen) atoms. The van der Waals surface area contributed by atoms with E-state index >= 15 is 0 Å². The first-order chi connectivity index (χ1) is 9.97. The molecule has 8 heteroatoms. The molecule has 1 aromatic rings. The zero-order chi connectivity index (χ0) is 15.8. The van der Waals surface area contributed by atoms with Crippen LogP contribution in [0.1, 0.15) is 25.5 Å². The summed E-state index contributed by atoms with van der Waals surface area (Å²) < 4.78 is 6.47. The Balaban J connectivity index is 2.58. The van der Waals surface area contributed by atoms with E-state index in [9.17, 15) is 9.59 Å². The average Bonchev–Trinajstić information content (AvgIpc) is 2.77. The van der Waals surface area contributed by atoms with Gasteiger partial charge < -0.3 is 20.5 Å². The Kier molecular flexibility index (Phi) is 6.67. The second kappa shape index (κ2) is 8.25. The second-order valence-electron chi connectivity index (χ2n) is 4.64. The van der Waals surface area contributed by atoms with Gasteiger partial charge in [-0.25, -0.2) is 9.59 Å². The summed E-state index contributed by atoms with van der Waals surface area (Å²) in [7, 11) is 3.30. The maximum atomic E-state index is 11.9. The number of nitrogens with zero attached hydrogens (tertiary/aromatic N) is 2. The number of methoxy groups -OCH3 is 1. The number of hydrogen-bond donors (Lipinski definition) is 3. The molecule has 0 fully saturated rings. The lowest BCUT2D eigenvalue weighted by atomic mass is 10.1. The number of carbonyl (C=O) groups is 2. The molecule has 0 bridgehead atoms.